The van der Waals surface area contributed by atoms with Crippen LogP contribution in [0.5, 0.6) is 0 Å². The third-order valence-corrected chi connectivity index (χ3v) is 7.85. The zero-order valence-electron chi connectivity index (χ0n) is 17.7. The summed E-state index contributed by atoms with van der Waals surface area (Å²) in [5.74, 6) is 2.37. The number of amides is 2. The van der Waals surface area contributed by atoms with Gasteiger partial charge in [0.15, 0.2) is 0 Å². The molecule has 4 fully saturated rings. The Morgan fingerprint density at radius 2 is 1.66 bits per heavy atom. The van der Waals surface area contributed by atoms with Gasteiger partial charge in [-0.15, -0.1) is 0 Å². The third kappa shape index (κ3) is 4.05. The van der Waals surface area contributed by atoms with E-state index >= 15 is 0 Å². The number of aryl methyl sites for hydroxylation is 1. The van der Waals surface area contributed by atoms with Gasteiger partial charge in [0.2, 0.25) is 11.8 Å². The predicted octanol–water partition coefficient (Wildman–Crippen LogP) is 5.13. The third-order valence-electron chi connectivity index (χ3n) is 7.50. The fraction of sp³-hybridized carbons (Fsp3) is 0.667. The number of nitrogens with one attached hydrogen (secondary N) is 2. The van der Waals surface area contributed by atoms with Crippen molar-refractivity contribution >= 4 is 29.1 Å². The number of anilines is 1. The van der Waals surface area contributed by atoms with Gasteiger partial charge in [-0.3, -0.25) is 9.59 Å². The van der Waals surface area contributed by atoms with Crippen molar-refractivity contribution in [1.29, 1.82) is 0 Å². The molecule has 0 spiro atoms. The number of benzene rings is 1. The van der Waals surface area contributed by atoms with Gasteiger partial charge in [0.05, 0.1) is 0 Å². The van der Waals surface area contributed by atoms with Gasteiger partial charge in [0.1, 0.15) is 0 Å². The lowest BCUT2D eigenvalue weighted by Gasteiger charge is -2.55. The molecule has 158 valence electrons. The van der Waals surface area contributed by atoms with E-state index in [0.717, 1.165) is 66.7 Å². The van der Waals surface area contributed by atoms with Crippen LogP contribution in [-0.4, -0.2) is 18.4 Å². The van der Waals surface area contributed by atoms with Crippen LogP contribution in [0.4, 0.5) is 5.69 Å². The molecule has 0 heterocycles. The summed E-state index contributed by atoms with van der Waals surface area (Å²) in [6.45, 7) is 4.52. The predicted molar refractivity (Wildman–Crippen MR) is 117 cm³/mol. The maximum atomic E-state index is 13.0. The molecule has 0 unspecified atom stereocenters. The van der Waals surface area contributed by atoms with Crippen LogP contribution in [0.15, 0.2) is 12.1 Å². The van der Waals surface area contributed by atoms with E-state index in [0.29, 0.717) is 11.6 Å². The van der Waals surface area contributed by atoms with Crippen LogP contribution in [0.2, 0.25) is 5.02 Å². The first-order valence-corrected chi connectivity index (χ1v) is 11.7. The average Bonchev–Trinajstić information content (AvgIpc) is 2.67. The first-order chi connectivity index (χ1) is 13.9. The first-order valence-electron chi connectivity index (χ1n) is 11.3. The highest BCUT2D eigenvalue weighted by Crippen LogP contribution is 2.60. The minimum Gasteiger partial charge on any atom is -0.355 e. The van der Waals surface area contributed by atoms with E-state index in [1.165, 1.54) is 19.3 Å². The number of hydrogen-bond acceptors (Lipinski definition) is 2. The lowest BCUT2D eigenvalue weighted by atomic mass is 9.49. The molecule has 0 radical (unpaired) electrons. The Kier molecular flexibility index (Phi) is 5.92. The Bertz CT molecular complexity index is 769. The average molecular weight is 417 g/mol. The summed E-state index contributed by atoms with van der Waals surface area (Å²) >= 11 is 6.33. The Morgan fingerprint density at radius 3 is 2.21 bits per heavy atom. The molecule has 4 nitrogen and oxygen atoms in total. The largest absolute Gasteiger partial charge is 0.355 e. The summed E-state index contributed by atoms with van der Waals surface area (Å²) in [5, 5.41) is 6.85. The monoisotopic (exact) mass is 416 g/mol. The smallest absolute Gasteiger partial charge is 0.226 e. The zero-order chi connectivity index (χ0) is 20.6. The molecule has 2 amide bonds. The van der Waals surface area contributed by atoms with Gasteiger partial charge >= 0.3 is 0 Å². The minimum atomic E-state index is -0.150. The van der Waals surface area contributed by atoms with Crippen molar-refractivity contribution in [2.75, 3.05) is 11.9 Å². The van der Waals surface area contributed by atoms with Crippen LogP contribution >= 0.6 is 11.6 Å². The Hall–Kier alpha value is -1.55. The van der Waals surface area contributed by atoms with Crippen LogP contribution in [0.1, 0.15) is 69.9 Å². The SMILES string of the molecule is CCc1ccc(Cl)c(CC)c1NC(=O)CCNC(=O)C12CC3CC(CC(C3)C1)C2. The second-order valence-electron chi connectivity index (χ2n) is 9.52. The minimum absolute atomic E-state index is 0.0671. The molecule has 29 heavy (non-hydrogen) atoms. The molecular weight excluding hydrogens is 384 g/mol. The topological polar surface area (TPSA) is 58.2 Å². The van der Waals surface area contributed by atoms with Gasteiger partial charge in [-0.2, -0.15) is 0 Å². The van der Waals surface area contributed by atoms with Crippen molar-refractivity contribution in [2.45, 2.75) is 71.6 Å². The number of carbonyl (C=O) groups is 2. The Labute approximate surface area is 179 Å². The molecule has 5 rings (SSSR count). The van der Waals surface area contributed by atoms with Crippen LogP contribution < -0.4 is 10.6 Å². The molecule has 0 aliphatic heterocycles. The second-order valence-corrected chi connectivity index (χ2v) is 9.93. The normalized spacial score (nSPS) is 29.7. The van der Waals surface area contributed by atoms with Crippen LogP contribution in [0, 0.1) is 23.2 Å². The van der Waals surface area contributed by atoms with Crippen LogP contribution in [-0.2, 0) is 22.4 Å². The maximum absolute atomic E-state index is 13.0. The van der Waals surface area contributed by atoms with Crippen LogP contribution in [0.25, 0.3) is 0 Å². The highest BCUT2D eigenvalue weighted by atomic mass is 35.5. The van der Waals surface area contributed by atoms with Gasteiger partial charge in [-0.05, 0) is 86.3 Å². The number of carbonyl (C=O) groups excluding carboxylic acids is 2. The fourth-order valence-electron chi connectivity index (χ4n) is 6.53. The fourth-order valence-corrected chi connectivity index (χ4v) is 6.83. The van der Waals surface area contributed by atoms with Gasteiger partial charge in [0, 0.05) is 29.1 Å². The lowest BCUT2D eigenvalue weighted by molar-refractivity contribution is -0.146. The molecule has 4 aliphatic rings. The van der Waals surface area contributed by atoms with Crippen molar-refractivity contribution < 1.29 is 9.59 Å². The molecule has 1 aromatic rings. The van der Waals surface area contributed by atoms with Crippen LogP contribution in [0.3, 0.4) is 0 Å². The van der Waals surface area contributed by atoms with Gasteiger partial charge in [-0.1, -0.05) is 31.5 Å². The molecule has 0 saturated heterocycles. The summed E-state index contributed by atoms with van der Waals surface area (Å²) in [5.41, 5.74) is 2.78. The van der Waals surface area contributed by atoms with Crippen molar-refractivity contribution in [3.8, 4) is 0 Å². The molecule has 1 aromatic carbocycles. The summed E-state index contributed by atoms with van der Waals surface area (Å²) < 4.78 is 0. The molecule has 0 aromatic heterocycles. The van der Waals surface area contributed by atoms with Gasteiger partial charge in [0.25, 0.3) is 0 Å². The van der Waals surface area contributed by atoms with E-state index in [1.807, 2.05) is 19.1 Å². The summed E-state index contributed by atoms with van der Waals surface area (Å²) in [6, 6.07) is 3.88. The molecule has 4 saturated carbocycles. The highest BCUT2D eigenvalue weighted by molar-refractivity contribution is 6.32. The van der Waals surface area contributed by atoms with E-state index in [-0.39, 0.29) is 23.7 Å². The van der Waals surface area contributed by atoms with Crippen molar-refractivity contribution in [2.24, 2.45) is 23.2 Å². The van der Waals surface area contributed by atoms with E-state index in [2.05, 4.69) is 17.6 Å². The van der Waals surface area contributed by atoms with E-state index in [1.54, 1.807) is 0 Å². The highest BCUT2D eigenvalue weighted by Gasteiger charge is 2.54. The molecule has 4 aliphatic carbocycles. The lowest BCUT2D eigenvalue weighted by Crippen LogP contribution is -2.53. The molecule has 0 atom stereocenters. The Balaban J connectivity index is 1.33. The molecule has 2 N–H and O–H groups in total. The second kappa shape index (κ2) is 8.29. The molecule has 4 bridgehead atoms. The number of hydrogen-bond donors (Lipinski definition) is 2. The molecule has 5 heteroatoms. The van der Waals surface area contributed by atoms with Gasteiger partial charge in [-0.25, -0.2) is 0 Å². The van der Waals surface area contributed by atoms with Crippen molar-refractivity contribution in [3.05, 3.63) is 28.3 Å². The Morgan fingerprint density at radius 1 is 1.03 bits per heavy atom. The number of halogens is 1. The summed E-state index contributed by atoms with van der Waals surface area (Å²) in [4.78, 5) is 25.6. The quantitative estimate of drug-likeness (QED) is 0.647. The summed E-state index contributed by atoms with van der Waals surface area (Å²) in [7, 11) is 0. The standard InChI is InChI=1S/C24H33ClN2O2/c1-3-18-5-6-20(25)19(4-2)22(18)27-21(28)7-8-26-23(29)24-12-15-9-16(13-24)11-17(10-15)14-24/h5-6,15-17H,3-4,7-14H2,1-2H3,(H,26,29)(H,27,28). The summed E-state index contributed by atoms with van der Waals surface area (Å²) in [6.07, 6.45) is 9.04. The van der Waals surface area contributed by atoms with Crippen molar-refractivity contribution in [1.82, 2.24) is 5.32 Å². The van der Waals surface area contributed by atoms with E-state index in [4.69, 9.17) is 11.6 Å². The van der Waals surface area contributed by atoms with E-state index in [9.17, 15) is 9.59 Å². The van der Waals surface area contributed by atoms with E-state index < -0.39 is 0 Å². The maximum Gasteiger partial charge on any atom is 0.226 e. The molecular formula is C24H33ClN2O2. The van der Waals surface area contributed by atoms with Crippen molar-refractivity contribution in [3.63, 3.8) is 0 Å². The first kappa shape index (κ1) is 20.7. The zero-order valence-corrected chi connectivity index (χ0v) is 18.4. The van der Waals surface area contributed by atoms with Gasteiger partial charge < -0.3 is 10.6 Å². The number of rotatable bonds is 7.